The summed E-state index contributed by atoms with van der Waals surface area (Å²) in [4.78, 5) is 12.9. The van der Waals surface area contributed by atoms with Gasteiger partial charge in [0.1, 0.15) is 10.0 Å². The van der Waals surface area contributed by atoms with Crippen molar-refractivity contribution in [3.63, 3.8) is 0 Å². The molecule has 0 bridgehead atoms. The highest BCUT2D eigenvalue weighted by atomic mass is 32.1. The molecule has 0 aliphatic rings. The number of fused-ring (bicyclic) bond motifs is 12. The fraction of sp³-hybridized carbons (Fsp3) is 0.0357. The van der Waals surface area contributed by atoms with Crippen molar-refractivity contribution in [2.75, 3.05) is 0 Å². The van der Waals surface area contributed by atoms with Crippen LogP contribution in [-0.2, 0) is 0 Å². The second-order valence-corrected chi connectivity index (χ2v) is 21.4. The largest absolute Gasteiger partial charge is 0.299 e. The van der Waals surface area contributed by atoms with Crippen LogP contribution in [0.15, 0.2) is 170 Å². The lowest BCUT2D eigenvalue weighted by molar-refractivity contribution is 1.19. The minimum Gasteiger partial charge on any atom is -0.299 e. The first-order valence-corrected chi connectivity index (χ1v) is 24.6. The maximum atomic E-state index is 5.19. The highest BCUT2D eigenvalue weighted by Crippen LogP contribution is 2.43. The first-order chi connectivity index (χ1) is 31.5. The van der Waals surface area contributed by atoms with Crippen LogP contribution in [-0.4, -0.2) is 19.1 Å². The third-order valence-corrected chi connectivity index (χ3v) is 17.1. The molecule has 0 N–H and O–H groups in total. The van der Waals surface area contributed by atoms with Crippen LogP contribution < -0.4 is 0 Å². The molecule has 0 unspecified atom stereocenters. The van der Waals surface area contributed by atoms with Gasteiger partial charge in [0.25, 0.3) is 0 Å². The fourth-order valence-electron chi connectivity index (χ4n) is 9.85. The monoisotopic (exact) mass is 890 g/mol. The van der Waals surface area contributed by atoms with Crippen LogP contribution in [0.3, 0.4) is 0 Å². The van der Waals surface area contributed by atoms with Gasteiger partial charge in [-0.25, -0.2) is 0 Å². The van der Waals surface area contributed by atoms with Crippen LogP contribution in [0.25, 0.3) is 128 Å². The second-order valence-electron chi connectivity index (χ2n) is 16.7. The summed E-state index contributed by atoms with van der Waals surface area (Å²) in [6.45, 7) is 4.35. The van der Waals surface area contributed by atoms with Gasteiger partial charge in [-0.1, -0.05) is 72.8 Å². The van der Waals surface area contributed by atoms with Crippen molar-refractivity contribution >= 4 is 129 Å². The van der Waals surface area contributed by atoms with Crippen molar-refractivity contribution in [3.8, 4) is 43.6 Å². The predicted octanol–water partition coefficient (Wildman–Crippen LogP) is 17.1. The Morgan fingerprint density at radius 1 is 0.328 bits per heavy atom. The van der Waals surface area contributed by atoms with Crippen molar-refractivity contribution in [1.82, 2.24) is 19.1 Å². The number of thiophene rings is 4. The molecular formula is C56H34N4S4. The maximum Gasteiger partial charge on any atom is 0.100 e. The summed E-state index contributed by atoms with van der Waals surface area (Å²) < 4.78 is 10.0. The molecule has 8 aromatic heterocycles. The lowest BCUT2D eigenvalue weighted by Crippen LogP contribution is -1.93. The van der Waals surface area contributed by atoms with Gasteiger partial charge >= 0.3 is 0 Å². The molecule has 8 heterocycles. The zero-order valence-corrected chi connectivity index (χ0v) is 37.9. The Morgan fingerprint density at radius 2 is 0.734 bits per heavy atom. The Balaban J connectivity index is 0.948. The molecule has 0 fully saturated rings. The van der Waals surface area contributed by atoms with E-state index in [0.29, 0.717) is 0 Å². The Kier molecular flexibility index (Phi) is 7.87. The average molecular weight is 891 g/mol. The molecule has 14 rings (SSSR count). The highest BCUT2D eigenvalue weighted by Gasteiger charge is 2.20. The van der Waals surface area contributed by atoms with Crippen molar-refractivity contribution in [3.05, 3.63) is 180 Å². The summed E-state index contributed by atoms with van der Waals surface area (Å²) in [5.74, 6) is 0. The third kappa shape index (κ3) is 5.50. The zero-order valence-electron chi connectivity index (χ0n) is 34.6. The molecule has 302 valence electrons. The Hall–Kier alpha value is -6.94. The SMILES string of the molecule is Cc1ccc(-n2c3ccc(-c4ccc5c(c4)sc4ccccc45)cc3c3cc(-c4cc5c6cc(-c7ccc8c(c7)sc7ccccc78)ccc6n(-c6ccc(C)s6)c5cn4)ncc32)s1. The summed E-state index contributed by atoms with van der Waals surface area (Å²) in [6.07, 6.45) is 4.10. The molecule has 4 nitrogen and oxygen atoms in total. The molecule has 0 saturated carbocycles. The van der Waals surface area contributed by atoms with Gasteiger partial charge in [-0.15, -0.1) is 45.3 Å². The minimum atomic E-state index is 0.854. The van der Waals surface area contributed by atoms with E-state index in [9.17, 15) is 0 Å². The summed E-state index contributed by atoms with van der Waals surface area (Å²) >= 11 is 7.34. The molecule has 0 spiro atoms. The quantitative estimate of drug-likeness (QED) is 0.173. The minimum absolute atomic E-state index is 0.854. The van der Waals surface area contributed by atoms with Crippen molar-refractivity contribution in [2.45, 2.75) is 13.8 Å². The fourth-order valence-corrected chi connectivity index (χ4v) is 13.9. The molecule has 0 saturated heterocycles. The van der Waals surface area contributed by atoms with Gasteiger partial charge in [-0.05, 0) is 121 Å². The van der Waals surface area contributed by atoms with E-state index in [2.05, 4.69) is 193 Å². The first-order valence-electron chi connectivity index (χ1n) is 21.3. The number of hydrogen-bond acceptors (Lipinski definition) is 6. The summed E-state index contributed by atoms with van der Waals surface area (Å²) in [5, 5.41) is 12.4. The number of pyridine rings is 2. The van der Waals surface area contributed by atoms with E-state index in [1.165, 1.54) is 104 Å². The molecule has 0 atom stereocenters. The molecule has 8 heteroatoms. The normalized spacial score (nSPS) is 12.2. The van der Waals surface area contributed by atoms with Crippen LogP contribution in [0, 0.1) is 13.8 Å². The van der Waals surface area contributed by atoms with Gasteiger partial charge < -0.3 is 0 Å². The average Bonchev–Trinajstić information content (AvgIpc) is 4.20. The number of nitrogens with zero attached hydrogens (tertiary/aromatic N) is 4. The standard InChI is InChI=1S/C56H34N4S4/c1-31-11-21-55(61-31)59-47-19-15-33(35-13-17-39-37-7-3-5-9-51(37)63-53(39)25-35)23-41(47)43-27-45(57-29-49(43)59)46-28-44-42-24-34(36-14-18-40-38-8-4-6-10-52(38)64-54(40)26-36)16-20-48(42)60(50(44)30-58-46)56-22-12-32(2)62-56/h3-30H,1-2H3. The Bertz CT molecular complexity index is 3970. The lowest BCUT2D eigenvalue weighted by atomic mass is 10.0. The van der Waals surface area contributed by atoms with Crippen LogP contribution in [0.2, 0.25) is 0 Å². The van der Waals surface area contributed by atoms with Crippen molar-refractivity contribution < 1.29 is 0 Å². The van der Waals surface area contributed by atoms with E-state index in [1.54, 1.807) is 0 Å². The second kappa shape index (κ2) is 13.8. The number of aromatic nitrogens is 4. The van der Waals surface area contributed by atoms with Gasteiger partial charge in [-0.2, -0.15) is 0 Å². The number of aryl methyl sites for hydroxylation is 2. The Labute approximate surface area is 383 Å². The van der Waals surface area contributed by atoms with Gasteiger partial charge in [0.05, 0.1) is 45.8 Å². The molecule has 0 amide bonds. The molecule has 6 aromatic carbocycles. The molecule has 0 aliphatic carbocycles. The number of hydrogen-bond donors (Lipinski definition) is 0. The van der Waals surface area contributed by atoms with Crippen LogP contribution in [0.4, 0.5) is 0 Å². The third-order valence-electron chi connectivity index (χ3n) is 12.9. The number of rotatable bonds is 5. The summed E-state index contributed by atoms with van der Waals surface area (Å²) in [5.41, 5.74) is 11.1. The molecule has 14 aromatic rings. The smallest absolute Gasteiger partial charge is 0.100 e. The Morgan fingerprint density at radius 3 is 1.19 bits per heavy atom. The molecule has 0 aliphatic heterocycles. The highest BCUT2D eigenvalue weighted by molar-refractivity contribution is 7.26. The van der Waals surface area contributed by atoms with Crippen molar-refractivity contribution in [2.24, 2.45) is 0 Å². The van der Waals surface area contributed by atoms with Crippen LogP contribution in [0.1, 0.15) is 9.75 Å². The van der Waals surface area contributed by atoms with E-state index in [1.807, 2.05) is 45.3 Å². The van der Waals surface area contributed by atoms with Crippen LogP contribution in [0.5, 0.6) is 0 Å². The van der Waals surface area contributed by atoms with E-state index in [-0.39, 0.29) is 0 Å². The van der Waals surface area contributed by atoms with Crippen molar-refractivity contribution in [1.29, 1.82) is 0 Å². The summed E-state index contributed by atoms with van der Waals surface area (Å²) in [7, 11) is 0. The van der Waals surface area contributed by atoms with E-state index < -0.39 is 0 Å². The molecule has 0 radical (unpaired) electrons. The topological polar surface area (TPSA) is 35.6 Å². The van der Waals surface area contributed by atoms with Gasteiger partial charge in [0.15, 0.2) is 0 Å². The summed E-state index contributed by atoms with van der Waals surface area (Å²) in [6, 6.07) is 58.5. The molecular weight excluding hydrogens is 857 g/mol. The molecule has 64 heavy (non-hydrogen) atoms. The van der Waals surface area contributed by atoms with Gasteiger partial charge in [-0.3, -0.25) is 19.1 Å². The first kappa shape index (κ1) is 36.5. The number of benzene rings is 6. The zero-order chi connectivity index (χ0) is 42.2. The predicted molar refractivity (Wildman–Crippen MR) is 278 cm³/mol. The van der Waals surface area contributed by atoms with Gasteiger partial charge in [0.2, 0.25) is 0 Å². The van der Waals surface area contributed by atoms with Gasteiger partial charge in [0, 0.05) is 71.6 Å². The van der Waals surface area contributed by atoms with E-state index in [4.69, 9.17) is 9.97 Å². The maximum absolute atomic E-state index is 5.19. The lowest BCUT2D eigenvalue weighted by Gasteiger charge is -2.06. The van der Waals surface area contributed by atoms with Crippen LogP contribution >= 0.6 is 45.3 Å². The van der Waals surface area contributed by atoms with E-state index >= 15 is 0 Å². The van der Waals surface area contributed by atoms with E-state index in [0.717, 1.165) is 33.2 Å².